The van der Waals surface area contributed by atoms with Crippen molar-refractivity contribution in [1.29, 1.82) is 0 Å². The number of urea groups is 1. The van der Waals surface area contributed by atoms with E-state index in [2.05, 4.69) is 5.32 Å². The Morgan fingerprint density at radius 1 is 1.35 bits per heavy atom. The lowest BCUT2D eigenvalue weighted by Crippen LogP contribution is -2.40. The fourth-order valence-corrected chi connectivity index (χ4v) is 2.71. The van der Waals surface area contributed by atoms with Crippen LogP contribution in [0.2, 0.25) is 0 Å². The maximum absolute atomic E-state index is 12.1. The van der Waals surface area contributed by atoms with Gasteiger partial charge in [-0.1, -0.05) is 6.07 Å². The second-order valence-corrected chi connectivity index (χ2v) is 7.04. The van der Waals surface area contributed by atoms with Gasteiger partial charge in [0.1, 0.15) is 0 Å². The van der Waals surface area contributed by atoms with E-state index in [1.807, 2.05) is 6.92 Å². The molecule has 23 heavy (non-hydrogen) atoms. The number of rotatable bonds is 7. The average molecular weight is 342 g/mol. The van der Waals surface area contributed by atoms with Crippen molar-refractivity contribution in [2.24, 2.45) is 0 Å². The SMILES string of the molecule is CCNC(=O)N(Cc1ccc(OC)c(OS(C)(=O)=O)c1)C1CC1. The Balaban J connectivity index is 2.21. The largest absolute Gasteiger partial charge is 0.493 e. The van der Waals surface area contributed by atoms with Crippen LogP contribution in [0, 0.1) is 0 Å². The van der Waals surface area contributed by atoms with E-state index in [1.165, 1.54) is 7.11 Å². The number of nitrogens with zero attached hydrogens (tertiary/aromatic N) is 1. The van der Waals surface area contributed by atoms with E-state index in [4.69, 9.17) is 8.92 Å². The van der Waals surface area contributed by atoms with Gasteiger partial charge in [-0.25, -0.2) is 4.79 Å². The summed E-state index contributed by atoms with van der Waals surface area (Å²) >= 11 is 0. The molecule has 0 unspecified atom stereocenters. The van der Waals surface area contributed by atoms with E-state index < -0.39 is 10.1 Å². The quantitative estimate of drug-likeness (QED) is 0.763. The van der Waals surface area contributed by atoms with Crippen molar-refractivity contribution in [2.75, 3.05) is 19.9 Å². The fraction of sp³-hybridized carbons (Fsp3) is 0.533. The predicted octanol–water partition coefficient (Wildman–Crippen LogP) is 1.73. The number of nitrogens with one attached hydrogen (secondary N) is 1. The molecule has 1 saturated carbocycles. The third-order valence-corrected chi connectivity index (χ3v) is 3.88. The average Bonchev–Trinajstić information content (AvgIpc) is 3.28. The Kier molecular flexibility index (Phi) is 5.35. The minimum absolute atomic E-state index is 0.114. The lowest BCUT2D eigenvalue weighted by Gasteiger charge is -2.23. The summed E-state index contributed by atoms with van der Waals surface area (Å²) in [5.74, 6) is 0.453. The molecular formula is C15H22N2O5S. The molecule has 7 nitrogen and oxygen atoms in total. The van der Waals surface area contributed by atoms with Crippen LogP contribution in [0.25, 0.3) is 0 Å². The molecule has 1 aromatic carbocycles. The molecule has 1 aliphatic carbocycles. The van der Waals surface area contributed by atoms with Gasteiger partial charge in [0.05, 0.1) is 13.4 Å². The Morgan fingerprint density at radius 3 is 2.57 bits per heavy atom. The van der Waals surface area contributed by atoms with E-state index in [1.54, 1.807) is 23.1 Å². The van der Waals surface area contributed by atoms with Crippen LogP contribution in [0.4, 0.5) is 4.79 Å². The first-order valence-corrected chi connectivity index (χ1v) is 9.26. The summed E-state index contributed by atoms with van der Waals surface area (Å²) in [6.07, 6.45) is 2.95. The van der Waals surface area contributed by atoms with E-state index in [0.29, 0.717) is 18.8 Å². The molecule has 0 atom stereocenters. The zero-order chi connectivity index (χ0) is 17.0. The molecule has 128 valence electrons. The van der Waals surface area contributed by atoms with Gasteiger partial charge in [-0.3, -0.25) is 0 Å². The van der Waals surface area contributed by atoms with Gasteiger partial charge in [0.25, 0.3) is 0 Å². The molecule has 2 rings (SSSR count). The Labute approximate surface area is 136 Å². The molecular weight excluding hydrogens is 320 g/mol. The van der Waals surface area contributed by atoms with Gasteiger partial charge in [-0.2, -0.15) is 8.42 Å². The number of hydrogen-bond donors (Lipinski definition) is 1. The lowest BCUT2D eigenvalue weighted by atomic mass is 10.2. The molecule has 1 fully saturated rings. The minimum Gasteiger partial charge on any atom is -0.493 e. The highest BCUT2D eigenvalue weighted by Crippen LogP contribution is 2.32. The standard InChI is InChI=1S/C15H22N2O5S/c1-4-16-15(18)17(12-6-7-12)10-11-5-8-13(21-2)14(9-11)22-23(3,19)20/h5,8-9,12H,4,6-7,10H2,1-3H3,(H,16,18). The first-order chi connectivity index (χ1) is 10.8. The number of amides is 2. The predicted molar refractivity (Wildman–Crippen MR) is 86.1 cm³/mol. The van der Waals surface area contributed by atoms with Crippen molar-refractivity contribution >= 4 is 16.1 Å². The Bertz CT molecular complexity index is 670. The van der Waals surface area contributed by atoms with Gasteiger partial charge in [0, 0.05) is 19.1 Å². The number of carbonyl (C=O) groups excluding carboxylic acids is 1. The van der Waals surface area contributed by atoms with Crippen LogP contribution in [0.15, 0.2) is 18.2 Å². The summed E-state index contributed by atoms with van der Waals surface area (Å²) in [6.45, 7) is 2.82. The van der Waals surface area contributed by atoms with Crippen molar-refractivity contribution in [2.45, 2.75) is 32.4 Å². The minimum atomic E-state index is -3.66. The number of hydrogen-bond acceptors (Lipinski definition) is 5. The molecule has 1 N–H and O–H groups in total. The maximum atomic E-state index is 12.1. The second-order valence-electron chi connectivity index (χ2n) is 5.47. The highest BCUT2D eigenvalue weighted by molar-refractivity contribution is 7.86. The van der Waals surface area contributed by atoms with Crippen molar-refractivity contribution < 1.29 is 22.1 Å². The summed E-state index contributed by atoms with van der Waals surface area (Å²) in [5, 5.41) is 2.80. The van der Waals surface area contributed by atoms with Gasteiger partial charge in [-0.05, 0) is 37.5 Å². The van der Waals surface area contributed by atoms with Gasteiger partial charge in [-0.15, -0.1) is 0 Å². The summed E-state index contributed by atoms with van der Waals surface area (Å²) in [4.78, 5) is 13.9. The number of ether oxygens (including phenoxy) is 1. The van der Waals surface area contributed by atoms with Gasteiger partial charge in [0.2, 0.25) is 0 Å². The molecule has 0 bridgehead atoms. The van der Waals surface area contributed by atoms with E-state index in [0.717, 1.165) is 24.7 Å². The molecule has 0 radical (unpaired) electrons. The molecule has 2 amide bonds. The fourth-order valence-electron chi connectivity index (χ4n) is 2.25. The zero-order valence-electron chi connectivity index (χ0n) is 13.5. The smallest absolute Gasteiger partial charge is 0.317 e. The van der Waals surface area contributed by atoms with Crippen LogP contribution in [-0.2, 0) is 16.7 Å². The van der Waals surface area contributed by atoms with Gasteiger partial charge >= 0.3 is 16.1 Å². The lowest BCUT2D eigenvalue weighted by molar-refractivity contribution is 0.192. The topological polar surface area (TPSA) is 84.9 Å². The molecule has 8 heteroatoms. The molecule has 0 aliphatic heterocycles. The molecule has 0 aromatic heterocycles. The van der Waals surface area contributed by atoms with Crippen molar-refractivity contribution in [3.05, 3.63) is 23.8 Å². The van der Waals surface area contributed by atoms with Crippen LogP contribution in [0.5, 0.6) is 11.5 Å². The summed E-state index contributed by atoms with van der Waals surface area (Å²) in [6, 6.07) is 5.15. The van der Waals surface area contributed by atoms with E-state index in [-0.39, 0.29) is 17.8 Å². The third-order valence-electron chi connectivity index (χ3n) is 3.40. The van der Waals surface area contributed by atoms with Crippen molar-refractivity contribution in [3.8, 4) is 11.5 Å². The highest BCUT2D eigenvalue weighted by atomic mass is 32.2. The first-order valence-electron chi connectivity index (χ1n) is 7.45. The Morgan fingerprint density at radius 2 is 2.04 bits per heavy atom. The monoisotopic (exact) mass is 342 g/mol. The number of benzene rings is 1. The highest BCUT2D eigenvalue weighted by Gasteiger charge is 2.32. The van der Waals surface area contributed by atoms with E-state index >= 15 is 0 Å². The van der Waals surface area contributed by atoms with Gasteiger partial charge < -0.3 is 19.1 Å². The van der Waals surface area contributed by atoms with Crippen LogP contribution in [0.1, 0.15) is 25.3 Å². The first kappa shape index (κ1) is 17.4. The Hall–Kier alpha value is -1.96. The van der Waals surface area contributed by atoms with Crippen LogP contribution >= 0.6 is 0 Å². The van der Waals surface area contributed by atoms with Crippen LogP contribution < -0.4 is 14.2 Å². The third kappa shape index (κ3) is 5.02. The molecule has 1 aliphatic rings. The molecule has 0 heterocycles. The van der Waals surface area contributed by atoms with Crippen molar-refractivity contribution in [1.82, 2.24) is 10.2 Å². The van der Waals surface area contributed by atoms with Crippen LogP contribution in [-0.4, -0.2) is 45.3 Å². The molecule has 0 saturated heterocycles. The summed E-state index contributed by atoms with van der Waals surface area (Å²) in [7, 11) is -2.22. The van der Waals surface area contributed by atoms with Gasteiger partial charge in [0.15, 0.2) is 11.5 Å². The summed E-state index contributed by atoms with van der Waals surface area (Å²) in [5.41, 5.74) is 0.780. The number of methoxy groups -OCH3 is 1. The zero-order valence-corrected chi connectivity index (χ0v) is 14.4. The second kappa shape index (κ2) is 7.08. The van der Waals surface area contributed by atoms with E-state index in [9.17, 15) is 13.2 Å². The van der Waals surface area contributed by atoms with Crippen LogP contribution in [0.3, 0.4) is 0 Å². The summed E-state index contributed by atoms with van der Waals surface area (Å²) < 4.78 is 32.8. The molecule has 0 spiro atoms. The normalized spacial score (nSPS) is 14.2. The molecule has 1 aromatic rings. The number of carbonyl (C=O) groups is 1. The van der Waals surface area contributed by atoms with Crippen molar-refractivity contribution in [3.63, 3.8) is 0 Å². The maximum Gasteiger partial charge on any atom is 0.317 e.